The number of hydrogen-bond donors (Lipinski definition) is 3. The maximum Gasteiger partial charge on any atom is 0.226 e. The van der Waals surface area contributed by atoms with Crippen LogP contribution in [0.15, 0.2) is 79.3 Å². The molecule has 2 aromatic carbocycles. The minimum absolute atomic E-state index is 0.0711. The molecule has 1 amide bonds. The maximum absolute atomic E-state index is 14.6. The Balaban J connectivity index is 1.42. The van der Waals surface area contributed by atoms with Crippen molar-refractivity contribution in [2.24, 2.45) is 5.92 Å². The molecule has 0 atom stereocenters. The molecule has 4 aromatic heterocycles. The normalized spacial score (nSPS) is 11.5. The van der Waals surface area contributed by atoms with Crippen LogP contribution in [-0.2, 0) is 4.79 Å². The Labute approximate surface area is 211 Å². The Bertz CT molecular complexity index is 1780. The standard InChI is InChI=1S/C29H23FN6O/c1-16(2)29(37)33-19-10-17(13-31-15-19)18-11-23-27(35-36-28(23)32-14-18)26-12-22-20(7-5-9-25(22)34-26)21-6-3-4-8-24(21)30/h3-16,34H,1-2H3,(H,33,37)(H,32,35,36). The lowest BCUT2D eigenvalue weighted by Gasteiger charge is -2.09. The fourth-order valence-electron chi connectivity index (χ4n) is 4.42. The molecule has 0 spiro atoms. The number of carbonyl (C=O) groups is 1. The number of rotatable bonds is 5. The second-order valence-electron chi connectivity index (χ2n) is 9.23. The monoisotopic (exact) mass is 490 g/mol. The van der Waals surface area contributed by atoms with Gasteiger partial charge in [0, 0.05) is 51.3 Å². The third kappa shape index (κ3) is 4.12. The van der Waals surface area contributed by atoms with Gasteiger partial charge in [-0.3, -0.25) is 14.9 Å². The van der Waals surface area contributed by atoms with Crippen molar-refractivity contribution in [2.45, 2.75) is 13.8 Å². The first-order chi connectivity index (χ1) is 18.0. The molecular weight excluding hydrogens is 467 g/mol. The van der Waals surface area contributed by atoms with Crippen molar-refractivity contribution in [3.05, 3.63) is 85.1 Å². The van der Waals surface area contributed by atoms with Gasteiger partial charge in [-0.2, -0.15) is 5.10 Å². The Kier molecular flexibility index (Phi) is 5.49. The van der Waals surface area contributed by atoms with Gasteiger partial charge >= 0.3 is 0 Å². The zero-order valence-corrected chi connectivity index (χ0v) is 20.2. The van der Waals surface area contributed by atoms with Gasteiger partial charge in [0.05, 0.1) is 17.6 Å². The molecule has 0 aliphatic heterocycles. The second kappa shape index (κ2) is 8.98. The average molecular weight is 491 g/mol. The number of nitrogens with zero attached hydrogens (tertiary/aromatic N) is 3. The number of benzene rings is 2. The number of fused-ring (bicyclic) bond motifs is 2. The number of pyridine rings is 2. The van der Waals surface area contributed by atoms with Gasteiger partial charge in [0.2, 0.25) is 5.91 Å². The molecule has 0 radical (unpaired) electrons. The number of nitrogens with one attached hydrogen (secondary N) is 3. The average Bonchev–Trinajstić information content (AvgIpc) is 3.53. The van der Waals surface area contributed by atoms with Crippen LogP contribution in [0.3, 0.4) is 0 Å². The summed E-state index contributed by atoms with van der Waals surface area (Å²) in [5, 5.41) is 12.1. The van der Waals surface area contributed by atoms with E-state index >= 15 is 0 Å². The van der Waals surface area contributed by atoms with Gasteiger partial charge in [0.25, 0.3) is 0 Å². The molecule has 4 heterocycles. The van der Waals surface area contributed by atoms with E-state index < -0.39 is 0 Å². The van der Waals surface area contributed by atoms with Crippen LogP contribution in [0.2, 0.25) is 0 Å². The number of halogens is 1. The number of amides is 1. The highest BCUT2D eigenvalue weighted by atomic mass is 19.1. The van der Waals surface area contributed by atoms with Gasteiger partial charge in [0.1, 0.15) is 11.5 Å². The van der Waals surface area contributed by atoms with E-state index in [0.29, 0.717) is 22.6 Å². The lowest BCUT2D eigenvalue weighted by molar-refractivity contribution is -0.118. The molecule has 8 heteroatoms. The summed E-state index contributed by atoms with van der Waals surface area (Å²) in [5.41, 5.74) is 6.66. The van der Waals surface area contributed by atoms with Gasteiger partial charge in [-0.25, -0.2) is 9.37 Å². The third-order valence-electron chi connectivity index (χ3n) is 6.36. The molecule has 6 aromatic rings. The molecule has 0 bridgehead atoms. The van der Waals surface area contributed by atoms with Crippen molar-refractivity contribution in [3.63, 3.8) is 0 Å². The van der Waals surface area contributed by atoms with Crippen LogP contribution in [0.1, 0.15) is 13.8 Å². The van der Waals surface area contributed by atoms with E-state index in [9.17, 15) is 9.18 Å². The van der Waals surface area contributed by atoms with Crippen molar-refractivity contribution in [1.82, 2.24) is 25.1 Å². The largest absolute Gasteiger partial charge is 0.353 e. The first-order valence-electron chi connectivity index (χ1n) is 12.0. The Morgan fingerprint density at radius 2 is 1.73 bits per heavy atom. The van der Waals surface area contributed by atoms with E-state index in [1.165, 1.54) is 6.07 Å². The molecule has 0 unspecified atom stereocenters. The molecule has 0 aliphatic carbocycles. The molecule has 7 nitrogen and oxygen atoms in total. The van der Waals surface area contributed by atoms with Gasteiger partial charge in [-0.1, -0.05) is 44.2 Å². The first kappa shape index (κ1) is 22.6. The van der Waals surface area contributed by atoms with Gasteiger partial charge in [-0.05, 0) is 35.9 Å². The fraction of sp³-hybridized carbons (Fsp3) is 0.103. The van der Waals surface area contributed by atoms with Crippen LogP contribution < -0.4 is 5.32 Å². The Morgan fingerprint density at radius 3 is 2.57 bits per heavy atom. The van der Waals surface area contributed by atoms with E-state index in [-0.39, 0.29) is 17.6 Å². The number of hydrogen-bond acceptors (Lipinski definition) is 4. The van der Waals surface area contributed by atoms with E-state index in [1.807, 2.05) is 56.3 Å². The van der Waals surface area contributed by atoms with E-state index in [1.54, 1.807) is 30.7 Å². The van der Waals surface area contributed by atoms with Gasteiger partial charge in [0.15, 0.2) is 5.65 Å². The number of aromatic amines is 2. The third-order valence-corrected chi connectivity index (χ3v) is 6.36. The number of carbonyl (C=O) groups excluding carboxylic acids is 1. The van der Waals surface area contributed by atoms with Crippen LogP contribution in [0.25, 0.3) is 55.6 Å². The maximum atomic E-state index is 14.6. The quantitative estimate of drug-likeness (QED) is 0.254. The van der Waals surface area contributed by atoms with Crippen molar-refractivity contribution < 1.29 is 9.18 Å². The van der Waals surface area contributed by atoms with Crippen LogP contribution in [-0.4, -0.2) is 31.1 Å². The highest BCUT2D eigenvalue weighted by Crippen LogP contribution is 2.35. The van der Waals surface area contributed by atoms with Gasteiger partial charge < -0.3 is 10.3 Å². The molecule has 0 fully saturated rings. The number of aromatic nitrogens is 5. The zero-order chi connectivity index (χ0) is 25.5. The number of anilines is 1. The predicted octanol–water partition coefficient (Wildman–Crippen LogP) is 6.57. The van der Waals surface area contributed by atoms with Crippen molar-refractivity contribution in [1.29, 1.82) is 0 Å². The lowest BCUT2D eigenvalue weighted by Crippen LogP contribution is -2.17. The Hall–Kier alpha value is -4.85. The second-order valence-corrected chi connectivity index (χ2v) is 9.23. The summed E-state index contributed by atoms with van der Waals surface area (Å²) >= 11 is 0. The molecule has 6 rings (SSSR count). The minimum Gasteiger partial charge on any atom is -0.353 e. The zero-order valence-electron chi connectivity index (χ0n) is 20.2. The molecule has 3 N–H and O–H groups in total. The van der Waals surface area contributed by atoms with E-state index in [2.05, 4.69) is 30.5 Å². The van der Waals surface area contributed by atoms with Crippen molar-refractivity contribution in [2.75, 3.05) is 5.32 Å². The fourth-order valence-corrected chi connectivity index (χ4v) is 4.42. The van der Waals surface area contributed by atoms with Crippen molar-refractivity contribution in [3.8, 4) is 33.6 Å². The molecule has 182 valence electrons. The smallest absolute Gasteiger partial charge is 0.226 e. The summed E-state index contributed by atoms with van der Waals surface area (Å²) in [6.07, 6.45) is 5.10. The Morgan fingerprint density at radius 1 is 0.919 bits per heavy atom. The summed E-state index contributed by atoms with van der Waals surface area (Å²) in [6.45, 7) is 3.68. The number of H-pyrrole nitrogens is 2. The van der Waals surface area contributed by atoms with Crippen LogP contribution in [0.5, 0.6) is 0 Å². The molecule has 0 saturated carbocycles. The summed E-state index contributed by atoms with van der Waals surface area (Å²) in [7, 11) is 0. The van der Waals surface area contributed by atoms with Crippen LogP contribution >= 0.6 is 0 Å². The highest BCUT2D eigenvalue weighted by Gasteiger charge is 2.16. The first-order valence-corrected chi connectivity index (χ1v) is 12.0. The van der Waals surface area contributed by atoms with E-state index in [0.717, 1.165) is 38.7 Å². The SMILES string of the molecule is CC(C)C(=O)Nc1cncc(-c2cnc3[nH]nc(-c4cc5c(-c6ccccc6F)cccc5[nH]4)c3c2)c1. The van der Waals surface area contributed by atoms with Crippen LogP contribution in [0, 0.1) is 11.7 Å². The summed E-state index contributed by atoms with van der Waals surface area (Å²) in [4.78, 5) is 24.4. The molecule has 0 aliphatic rings. The summed E-state index contributed by atoms with van der Waals surface area (Å²) in [5.74, 6) is -0.471. The summed E-state index contributed by atoms with van der Waals surface area (Å²) < 4.78 is 14.6. The van der Waals surface area contributed by atoms with Crippen LogP contribution in [0.4, 0.5) is 10.1 Å². The van der Waals surface area contributed by atoms with E-state index in [4.69, 9.17) is 0 Å². The molecule has 0 saturated heterocycles. The lowest BCUT2D eigenvalue weighted by atomic mass is 10.0. The van der Waals surface area contributed by atoms with Gasteiger partial charge in [-0.15, -0.1) is 0 Å². The molecule has 37 heavy (non-hydrogen) atoms. The molecular formula is C29H23FN6O. The summed E-state index contributed by atoms with van der Waals surface area (Å²) in [6, 6.07) is 18.4. The highest BCUT2D eigenvalue weighted by molar-refractivity contribution is 6.01. The van der Waals surface area contributed by atoms with Crippen molar-refractivity contribution >= 4 is 33.5 Å². The predicted molar refractivity (Wildman–Crippen MR) is 143 cm³/mol. The minimum atomic E-state index is -0.266. The topological polar surface area (TPSA) is 99.3 Å².